The van der Waals surface area contributed by atoms with Crippen LogP contribution in [0.1, 0.15) is 44.9 Å². The first-order valence-electron chi connectivity index (χ1n) is 7.43. The van der Waals surface area contributed by atoms with E-state index in [-0.39, 0.29) is 12.8 Å². The second-order valence-corrected chi connectivity index (χ2v) is 5.73. The molecular formula is C14H25N3O4. The number of hydrogen-bond donors (Lipinski definition) is 3. The second kappa shape index (κ2) is 8.49. The largest absolute Gasteiger partial charge is 0.480 e. The van der Waals surface area contributed by atoms with E-state index in [2.05, 4.69) is 5.32 Å². The molecule has 3 amide bonds. The van der Waals surface area contributed by atoms with Crippen molar-refractivity contribution in [1.82, 2.24) is 10.2 Å². The molecular weight excluding hydrogens is 274 g/mol. The van der Waals surface area contributed by atoms with E-state index < -0.39 is 23.9 Å². The van der Waals surface area contributed by atoms with Crippen LogP contribution in [0.2, 0.25) is 0 Å². The van der Waals surface area contributed by atoms with Gasteiger partial charge in [-0.25, -0.2) is 9.59 Å². The number of nitrogens with one attached hydrogen (secondary N) is 1. The molecule has 0 radical (unpaired) electrons. The van der Waals surface area contributed by atoms with Crippen molar-refractivity contribution < 1.29 is 19.5 Å². The third-order valence-corrected chi connectivity index (χ3v) is 3.88. The molecule has 0 aromatic carbocycles. The van der Waals surface area contributed by atoms with Gasteiger partial charge < -0.3 is 21.1 Å². The zero-order valence-electron chi connectivity index (χ0n) is 12.5. The fraction of sp³-hybridized carbons (Fsp3) is 0.786. The fourth-order valence-electron chi connectivity index (χ4n) is 2.64. The molecule has 21 heavy (non-hydrogen) atoms. The lowest BCUT2D eigenvalue weighted by Gasteiger charge is -2.28. The van der Waals surface area contributed by atoms with Crippen LogP contribution in [-0.2, 0) is 9.59 Å². The van der Waals surface area contributed by atoms with Gasteiger partial charge in [-0.3, -0.25) is 4.79 Å². The highest BCUT2D eigenvalue weighted by atomic mass is 16.4. The van der Waals surface area contributed by atoms with E-state index >= 15 is 0 Å². The molecule has 0 unspecified atom stereocenters. The number of primary amides is 1. The summed E-state index contributed by atoms with van der Waals surface area (Å²) in [6.07, 6.45) is 5.80. The molecule has 1 rings (SSSR count). The van der Waals surface area contributed by atoms with Crippen LogP contribution in [0, 0.1) is 5.92 Å². The summed E-state index contributed by atoms with van der Waals surface area (Å²) in [5, 5.41) is 11.5. The molecule has 1 aliphatic carbocycles. The minimum atomic E-state index is -1.16. The molecule has 0 bridgehead atoms. The van der Waals surface area contributed by atoms with Crippen LogP contribution in [0.5, 0.6) is 0 Å². The number of carbonyl (C=O) groups excluding carboxylic acids is 2. The van der Waals surface area contributed by atoms with Gasteiger partial charge in [-0.15, -0.1) is 0 Å². The maximum atomic E-state index is 12.0. The first kappa shape index (κ1) is 17.3. The molecule has 0 aromatic heterocycles. The number of carboxylic acids is 1. The fourth-order valence-corrected chi connectivity index (χ4v) is 2.64. The number of urea groups is 1. The van der Waals surface area contributed by atoms with Gasteiger partial charge in [0.05, 0.1) is 0 Å². The average Bonchev–Trinajstić information content (AvgIpc) is 2.43. The Morgan fingerprint density at radius 2 is 1.90 bits per heavy atom. The minimum absolute atomic E-state index is 0.00761. The quantitative estimate of drug-likeness (QED) is 0.649. The highest BCUT2D eigenvalue weighted by Crippen LogP contribution is 2.24. The van der Waals surface area contributed by atoms with E-state index in [1.54, 1.807) is 7.05 Å². The van der Waals surface area contributed by atoms with Gasteiger partial charge in [-0.2, -0.15) is 0 Å². The molecule has 7 nitrogen and oxygen atoms in total. The van der Waals surface area contributed by atoms with Gasteiger partial charge in [-0.1, -0.05) is 19.3 Å². The Labute approximate surface area is 124 Å². The lowest BCUT2D eigenvalue weighted by Crippen LogP contribution is -2.48. The number of nitrogens with zero attached hydrogens (tertiary/aromatic N) is 1. The molecule has 120 valence electrons. The standard InChI is InChI=1S/C14H25N3O4/c1-17(9-10-5-3-2-4-6-10)14(21)16-11(13(19)20)7-8-12(15)18/h10-11H,2-9H2,1H3,(H2,15,18)(H,16,21)(H,19,20)/t11-/m1/s1. The first-order chi connectivity index (χ1) is 9.90. The van der Waals surface area contributed by atoms with Crippen molar-refractivity contribution in [2.24, 2.45) is 11.7 Å². The number of amides is 3. The summed E-state index contributed by atoms with van der Waals surface area (Å²) in [4.78, 5) is 35.3. The smallest absolute Gasteiger partial charge is 0.326 e. The summed E-state index contributed by atoms with van der Waals surface area (Å²) >= 11 is 0. The lowest BCUT2D eigenvalue weighted by atomic mass is 9.89. The van der Waals surface area contributed by atoms with Gasteiger partial charge in [0.1, 0.15) is 6.04 Å². The summed E-state index contributed by atoms with van der Waals surface area (Å²) in [7, 11) is 1.66. The van der Waals surface area contributed by atoms with Gasteiger partial charge in [0.15, 0.2) is 0 Å². The monoisotopic (exact) mass is 299 g/mol. The van der Waals surface area contributed by atoms with Gasteiger partial charge in [0.2, 0.25) is 5.91 Å². The number of nitrogens with two attached hydrogens (primary N) is 1. The van der Waals surface area contributed by atoms with E-state index in [1.165, 1.54) is 24.2 Å². The predicted octanol–water partition coefficient (Wildman–Crippen LogP) is 0.927. The Bertz CT molecular complexity index is 380. The normalized spacial score (nSPS) is 17.0. The Balaban J connectivity index is 2.43. The van der Waals surface area contributed by atoms with Crippen LogP contribution in [0.3, 0.4) is 0 Å². The molecule has 4 N–H and O–H groups in total. The maximum absolute atomic E-state index is 12.0. The Morgan fingerprint density at radius 3 is 2.43 bits per heavy atom. The van der Waals surface area contributed by atoms with E-state index in [0.717, 1.165) is 12.8 Å². The van der Waals surface area contributed by atoms with Gasteiger partial charge in [-0.05, 0) is 25.2 Å². The van der Waals surface area contributed by atoms with Crippen LogP contribution in [0.25, 0.3) is 0 Å². The third kappa shape index (κ3) is 6.46. The van der Waals surface area contributed by atoms with Crippen LogP contribution in [-0.4, -0.2) is 47.5 Å². The second-order valence-electron chi connectivity index (χ2n) is 5.73. The molecule has 1 atom stereocenters. The van der Waals surface area contributed by atoms with Crippen LogP contribution in [0.4, 0.5) is 4.79 Å². The van der Waals surface area contributed by atoms with Crippen molar-refractivity contribution in [3.8, 4) is 0 Å². The summed E-state index contributed by atoms with van der Waals surface area (Å²) in [6.45, 7) is 0.633. The minimum Gasteiger partial charge on any atom is -0.480 e. The van der Waals surface area contributed by atoms with E-state index in [1.807, 2.05) is 0 Å². The van der Waals surface area contributed by atoms with E-state index in [0.29, 0.717) is 12.5 Å². The Morgan fingerprint density at radius 1 is 1.29 bits per heavy atom. The summed E-state index contributed by atoms with van der Waals surface area (Å²) in [5.41, 5.74) is 5.00. The van der Waals surface area contributed by atoms with Gasteiger partial charge >= 0.3 is 12.0 Å². The number of carbonyl (C=O) groups is 3. The zero-order valence-corrected chi connectivity index (χ0v) is 12.5. The van der Waals surface area contributed by atoms with Crippen molar-refractivity contribution in [2.75, 3.05) is 13.6 Å². The van der Waals surface area contributed by atoms with Crippen molar-refractivity contribution in [3.63, 3.8) is 0 Å². The molecule has 1 saturated carbocycles. The molecule has 7 heteroatoms. The van der Waals surface area contributed by atoms with Crippen molar-refractivity contribution in [2.45, 2.75) is 51.0 Å². The molecule has 1 aliphatic rings. The number of rotatable bonds is 7. The first-order valence-corrected chi connectivity index (χ1v) is 7.43. The van der Waals surface area contributed by atoms with E-state index in [4.69, 9.17) is 10.8 Å². The highest BCUT2D eigenvalue weighted by molar-refractivity contribution is 5.83. The topological polar surface area (TPSA) is 113 Å². The molecule has 1 fully saturated rings. The average molecular weight is 299 g/mol. The van der Waals surface area contributed by atoms with E-state index in [9.17, 15) is 14.4 Å². The molecule has 0 spiro atoms. The molecule has 0 heterocycles. The number of aliphatic carboxylic acids is 1. The van der Waals surface area contributed by atoms with Gasteiger partial charge in [0, 0.05) is 20.0 Å². The van der Waals surface area contributed by atoms with Crippen LogP contribution < -0.4 is 11.1 Å². The number of carboxylic acid groups (broad SMARTS) is 1. The molecule has 0 aromatic rings. The Hall–Kier alpha value is -1.79. The lowest BCUT2D eigenvalue weighted by molar-refractivity contribution is -0.139. The highest BCUT2D eigenvalue weighted by Gasteiger charge is 2.24. The summed E-state index contributed by atoms with van der Waals surface area (Å²) in [6, 6.07) is -1.50. The van der Waals surface area contributed by atoms with Crippen molar-refractivity contribution >= 4 is 17.9 Å². The summed E-state index contributed by atoms with van der Waals surface area (Å²) in [5.74, 6) is -1.25. The molecule has 0 aliphatic heterocycles. The van der Waals surface area contributed by atoms with Crippen molar-refractivity contribution in [1.29, 1.82) is 0 Å². The SMILES string of the molecule is CN(CC1CCCCC1)C(=O)N[C@H](CCC(N)=O)C(=O)O. The zero-order chi connectivity index (χ0) is 15.8. The number of hydrogen-bond acceptors (Lipinski definition) is 3. The predicted molar refractivity (Wildman–Crippen MR) is 77.6 cm³/mol. The van der Waals surface area contributed by atoms with Crippen LogP contribution in [0.15, 0.2) is 0 Å². The maximum Gasteiger partial charge on any atom is 0.326 e. The van der Waals surface area contributed by atoms with Crippen LogP contribution >= 0.6 is 0 Å². The summed E-state index contributed by atoms with van der Waals surface area (Å²) < 4.78 is 0. The van der Waals surface area contributed by atoms with Gasteiger partial charge in [0.25, 0.3) is 0 Å². The molecule has 0 saturated heterocycles. The Kier molecular flexibility index (Phi) is 6.98. The third-order valence-electron chi connectivity index (χ3n) is 3.88. The van der Waals surface area contributed by atoms with Crippen molar-refractivity contribution in [3.05, 3.63) is 0 Å².